The SMILES string of the molecule is CNCc1cc(-c2ccc(OCc3ccccc3)cc2)n[nH]1. The lowest BCUT2D eigenvalue weighted by atomic mass is 10.1. The van der Waals surface area contributed by atoms with Crippen molar-refractivity contribution in [2.24, 2.45) is 0 Å². The van der Waals surface area contributed by atoms with E-state index in [0.717, 1.165) is 34.8 Å². The molecule has 0 fully saturated rings. The summed E-state index contributed by atoms with van der Waals surface area (Å²) < 4.78 is 5.79. The van der Waals surface area contributed by atoms with Crippen molar-refractivity contribution in [3.63, 3.8) is 0 Å². The first-order valence-corrected chi connectivity index (χ1v) is 7.31. The summed E-state index contributed by atoms with van der Waals surface area (Å²) in [5, 5.41) is 10.4. The average Bonchev–Trinajstić information content (AvgIpc) is 3.03. The smallest absolute Gasteiger partial charge is 0.119 e. The number of benzene rings is 2. The maximum absolute atomic E-state index is 5.79. The van der Waals surface area contributed by atoms with Gasteiger partial charge in [0.25, 0.3) is 0 Å². The third-order valence-electron chi connectivity index (χ3n) is 3.40. The molecule has 3 aromatic rings. The van der Waals surface area contributed by atoms with E-state index in [2.05, 4.69) is 33.7 Å². The second kappa shape index (κ2) is 6.91. The molecule has 2 aromatic carbocycles. The van der Waals surface area contributed by atoms with Gasteiger partial charge in [0, 0.05) is 17.8 Å². The molecule has 3 rings (SSSR count). The minimum Gasteiger partial charge on any atom is -0.489 e. The van der Waals surface area contributed by atoms with E-state index in [0.29, 0.717) is 6.61 Å². The third-order valence-corrected chi connectivity index (χ3v) is 3.40. The van der Waals surface area contributed by atoms with Gasteiger partial charge in [-0.3, -0.25) is 5.10 Å². The van der Waals surface area contributed by atoms with Gasteiger partial charge in [-0.1, -0.05) is 30.3 Å². The molecule has 4 heteroatoms. The molecule has 0 saturated heterocycles. The third kappa shape index (κ3) is 3.54. The van der Waals surface area contributed by atoms with Gasteiger partial charge in [-0.2, -0.15) is 5.10 Å². The minimum atomic E-state index is 0.578. The van der Waals surface area contributed by atoms with Crippen LogP contribution in [0.1, 0.15) is 11.3 Å². The molecule has 4 nitrogen and oxygen atoms in total. The number of aromatic nitrogens is 2. The van der Waals surface area contributed by atoms with Crippen LogP contribution in [0.3, 0.4) is 0 Å². The lowest BCUT2D eigenvalue weighted by molar-refractivity contribution is 0.306. The first-order chi connectivity index (χ1) is 10.8. The van der Waals surface area contributed by atoms with E-state index in [-0.39, 0.29) is 0 Å². The Bertz CT molecular complexity index is 705. The summed E-state index contributed by atoms with van der Waals surface area (Å²) in [4.78, 5) is 0. The highest BCUT2D eigenvalue weighted by Gasteiger charge is 2.04. The Morgan fingerprint density at radius 2 is 1.82 bits per heavy atom. The van der Waals surface area contributed by atoms with Gasteiger partial charge in [0.2, 0.25) is 0 Å². The van der Waals surface area contributed by atoms with Crippen molar-refractivity contribution >= 4 is 0 Å². The number of H-pyrrole nitrogens is 1. The quantitative estimate of drug-likeness (QED) is 0.732. The molecule has 1 aromatic heterocycles. The first kappa shape index (κ1) is 14.4. The molecule has 0 unspecified atom stereocenters. The van der Waals surface area contributed by atoms with Crippen LogP contribution in [0.2, 0.25) is 0 Å². The summed E-state index contributed by atoms with van der Waals surface area (Å²) >= 11 is 0. The van der Waals surface area contributed by atoms with Crippen molar-refractivity contribution in [3.05, 3.63) is 71.9 Å². The molecule has 0 saturated carbocycles. The Labute approximate surface area is 130 Å². The summed E-state index contributed by atoms with van der Waals surface area (Å²) in [6.07, 6.45) is 0. The summed E-state index contributed by atoms with van der Waals surface area (Å²) in [5.41, 5.74) is 4.25. The number of ether oxygens (including phenoxy) is 1. The zero-order valence-corrected chi connectivity index (χ0v) is 12.5. The molecule has 0 bridgehead atoms. The van der Waals surface area contributed by atoms with Crippen LogP contribution < -0.4 is 10.1 Å². The second-order valence-electron chi connectivity index (χ2n) is 5.11. The van der Waals surface area contributed by atoms with Crippen LogP contribution in [-0.2, 0) is 13.2 Å². The van der Waals surface area contributed by atoms with Crippen molar-refractivity contribution < 1.29 is 4.74 Å². The number of nitrogens with one attached hydrogen (secondary N) is 2. The Balaban J connectivity index is 1.64. The standard InChI is InChI=1S/C18H19N3O/c1-19-12-16-11-18(21-20-16)15-7-9-17(10-8-15)22-13-14-5-3-2-4-6-14/h2-11,19H,12-13H2,1H3,(H,20,21). The van der Waals surface area contributed by atoms with Crippen LogP contribution in [-0.4, -0.2) is 17.2 Å². The Kier molecular flexibility index (Phi) is 4.51. The number of hydrogen-bond acceptors (Lipinski definition) is 3. The fraction of sp³-hybridized carbons (Fsp3) is 0.167. The number of hydrogen-bond donors (Lipinski definition) is 2. The van der Waals surface area contributed by atoms with E-state index in [9.17, 15) is 0 Å². The van der Waals surface area contributed by atoms with Crippen LogP contribution in [0.4, 0.5) is 0 Å². The van der Waals surface area contributed by atoms with E-state index in [4.69, 9.17) is 4.74 Å². The average molecular weight is 293 g/mol. The van der Waals surface area contributed by atoms with E-state index < -0.39 is 0 Å². The zero-order chi connectivity index (χ0) is 15.2. The molecular weight excluding hydrogens is 274 g/mol. The largest absolute Gasteiger partial charge is 0.489 e. The van der Waals surface area contributed by atoms with Crippen molar-refractivity contribution in [1.82, 2.24) is 15.5 Å². The van der Waals surface area contributed by atoms with Gasteiger partial charge in [-0.05, 0) is 42.9 Å². The summed E-state index contributed by atoms with van der Waals surface area (Å²) in [6.45, 7) is 1.36. The van der Waals surface area contributed by atoms with Crippen molar-refractivity contribution in [2.45, 2.75) is 13.2 Å². The summed E-state index contributed by atoms with van der Waals surface area (Å²) in [7, 11) is 1.92. The highest BCUT2D eigenvalue weighted by Crippen LogP contribution is 2.22. The highest BCUT2D eigenvalue weighted by molar-refractivity contribution is 5.60. The summed E-state index contributed by atoms with van der Waals surface area (Å²) in [5.74, 6) is 0.860. The van der Waals surface area contributed by atoms with Gasteiger partial charge in [0.05, 0.1) is 5.69 Å². The Hall–Kier alpha value is -2.59. The monoisotopic (exact) mass is 293 g/mol. The van der Waals surface area contributed by atoms with Crippen molar-refractivity contribution in [2.75, 3.05) is 7.05 Å². The fourth-order valence-corrected chi connectivity index (χ4v) is 2.25. The Morgan fingerprint density at radius 1 is 1.05 bits per heavy atom. The molecule has 0 aliphatic carbocycles. The molecule has 0 aliphatic rings. The second-order valence-corrected chi connectivity index (χ2v) is 5.11. The highest BCUT2D eigenvalue weighted by atomic mass is 16.5. The van der Waals surface area contributed by atoms with Gasteiger partial charge in [-0.15, -0.1) is 0 Å². The van der Waals surface area contributed by atoms with Crippen LogP contribution >= 0.6 is 0 Å². The molecule has 0 amide bonds. The fourth-order valence-electron chi connectivity index (χ4n) is 2.25. The molecule has 0 radical (unpaired) electrons. The van der Waals surface area contributed by atoms with E-state index in [1.807, 2.05) is 49.5 Å². The van der Waals surface area contributed by atoms with E-state index in [1.54, 1.807) is 0 Å². The van der Waals surface area contributed by atoms with Gasteiger partial charge in [-0.25, -0.2) is 0 Å². The molecule has 0 spiro atoms. The van der Waals surface area contributed by atoms with Crippen LogP contribution in [0.15, 0.2) is 60.7 Å². The maximum Gasteiger partial charge on any atom is 0.119 e. The molecule has 0 aliphatic heterocycles. The predicted molar refractivity (Wildman–Crippen MR) is 87.6 cm³/mol. The van der Waals surface area contributed by atoms with Crippen molar-refractivity contribution in [3.8, 4) is 17.0 Å². The van der Waals surface area contributed by atoms with Crippen molar-refractivity contribution in [1.29, 1.82) is 0 Å². The first-order valence-electron chi connectivity index (χ1n) is 7.31. The predicted octanol–water partition coefficient (Wildman–Crippen LogP) is 3.38. The van der Waals surface area contributed by atoms with E-state index >= 15 is 0 Å². The molecular formula is C18H19N3O. The van der Waals surface area contributed by atoms with Gasteiger partial charge in [0.1, 0.15) is 12.4 Å². The molecule has 1 heterocycles. The lowest BCUT2D eigenvalue weighted by Crippen LogP contribution is -2.04. The van der Waals surface area contributed by atoms with Gasteiger partial charge >= 0.3 is 0 Å². The number of aromatic amines is 1. The molecule has 112 valence electrons. The van der Waals surface area contributed by atoms with Crippen LogP contribution in [0.5, 0.6) is 5.75 Å². The molecule has 22 heavy (non-hydrogen) atoms. The van der Waals surface area contributed by atoms with E-state index in [1.165, 1.54) is 0 Å². The van der Waals surface area contributed by atoms with Gasteiger partial charge in [0.15, 0.2) is 0 Å². The maximum atomic E-state index is 5.79. The molecule has 0 atom stereocenters. The number of nitrogens with zero attached hydrogens (tertiary/aromatic N) is 1. The number of rotatable bonds is 6. The van der Waals surface area contributed by atoms with Crippen LogP contribution in [0, 0.1) is 0 Å². The lowest BCUT2D eigenvalue weighted by Gasteiger charge is -2.06. The Morgan fingerprint density at radius 3 is 2.55 bits per heavy atom. The molecule has 2 N–H and O–H groups in total. The van der Waals surface area contributed by atoms with Crippen LogP contribution in [0.25, 0.3) is 11.3 Å². The summed E-state index contributed by atoms with van der Waals surface area (Å²) in [6, 6.07) is 20.2. The topological polar surface area (TPSA) is 49.9 Å². The minimum absolute atomic E-state index is 0.578. The zero-order valence-electron chi connectivity index (χ0n) is 12.5. The normalized spacial score (nSPS) is 10.6. The van der Waals surface area contributed by atoms with Gasteiger partial charge < -0.3 is 10.1 Å².